The minimum atomic E-state index is -2.42. The molecule has 0 amide bonds. The Morgan fingerprint density at radius 3 is 2.92 bits per heavy atom. The second-order valence-electron chi connectivity index (χ2n) is 2.52. The molecule has 0 radical (unpaired) electrons. The van der Waals surface area contributed by atoms with Crippen molar-refractivity contribution in [3.63, 3.8) is 0 Å². The van der Waals surface area contributed by atoms with Crippen molar-refractivity contribution in [2.24, 2.45) is 0 Å². The molecule has 2 nitrogen and oxygen atoms in total. The summed E-state index contributed by atoms with van der Waals surface area (Å²) in [5, 5.41) is 7.21. The van der Waals surface area contributed by atoms with Crippen molar-refractivity contribution >= 4 is 10.9 Å². The van der Waals surface area contributed by atoms with Gasteiger partial charge in [0.1, 0.15) is 0 Å². The van der Waals surface area contributed by atoms with Crippen LogP contribution < -0.4 is 0 Å². The monoisotopic (exact) mass is 168 g/mol. The summed E-state index contributed by atoms with van der Waals surface area (Å²) in [5.41, 5.74) is 0.666. The second kappa shape index (κ2) is 2.55. The van der Waals surface area contributed by atoms with Crippen molar-refractivity contribution < 1.29 is 8.78 Å². The molecule has 0 unspecified atom stereocenters. The van der Waals surface area contributed by atoms with Crippen LogP contribution in [-0.4, -0.2) is 10.2 Å². The molecule has 0 aliphatic rings. The van der Waals surface area contributed by atoms with Crippen LogP contribution in [0.15, 0.2) is 24.4 Å². The molecule has 2 aromatic rings. The predicted molar refractivity (Wildman–Crippen MR) is 41.1 cm³/mol. The number of aromatic nitrogens is 2. The number of halogens is 2. The van der Waals surface area contributed by atoms with Crippen LogP contribution in [0.25, 0.3) is 10.9 Å². The van der Waals surface area contributed by atoms with Gasteiger partial charge in [0.2, 0.25) is 0 Å². The standard InChI is InChI=1S/C8H6F2N2/c9-8(10)5-1-2-6-4-11-12-7(6)3-5/h1-4,8H,(H,11,12). The number of rotatable bonds is 1. The van der Waals surface area contributed by atoms with E-state index in [1.54, 1.807) is 12.3 Å². The maximum atomic E-state index is 12.2. The zero-order valence-electron chi connectivity index (χ0n) is 6.09. The SMILES string of the molecule is FC(F)c1ccc2cn[nH]c2c1. The van der Waals surface area contributed by atoms with Gasteiger partial charge in [0.15, 0.2) is 0 Å². The first-order valence-electron chi connectivity index (χ1n) is 3.48. The largest absolute Gasteiger partial charge is 0.278 e. The lowest BCUT2D eigenvalue weighted by atomic mass is 10.2. The molecule has 4 heteroatoms. The Kier molecular flexibility index (Phi) is 1.53. The third-order valence-electron chi connectivity index (χ3n) is 1.72. The number of fused-ring (bicyclic) bond motifs is 1. The Morgan fingerprint density at radius 1 is 1.33 bits per heavy atom. The smallest absolute Gasteiger partial charge is 0.263 e. The van der Waals surface area contributed by atoms with Gasteiger partial charge in [-0.1, -0.05) is 12.1 Å². The number of aromatic amines is 1. The average Bonchev–Trinajstić information content (AvgIpc) is 2.49. The Bertz CT molecular complexity index is 395. The van der Waals surface area contributed by atoms with Crippen molar-refractivity contribution in [1.82, 2.24) is 10.2 Å². The van der Waals surface area contributed by atoms with Gasteiger partial charge in [0, 0.05) is 10.9 Å². The molecule has 0 fully saturated rings. The van der Waals surface area contributed by atoms with Crippen LogP contribution in [0.2, 0.25) is 0 Å². The lowest BCUT2D eigenvalue weighted by molar-refractivity contribution is 0.151. The average molecular weight is 168 g/mol. The number of benzene rings is 1. The van der Waals surface area contributed by atoms with Gasteiger partial charge in [0.05, 0.1) is 11.7 Å². The number of hydrogen-bond acceptors (Lipinski definition) is 1. The van der Waals surface area contributed by atoms with Gasteiger partial charge in [-0.05, 0) is 6.07 Å². The highest BCUT2D eigenvalue weighted by atomic mass is 19.3. The molecular weight excluding hydrogens is 162 g/mol. The van der Waals surface area contributed by atoms with E-state index in [1.807, 2.05) is 0 Å². The summed E-state index contributed by atoms with van der Waals surface area (Å²) in [4.78, 5) is 0. The van der Waals surface area contributed by atoms with Crippen molar-refractivity contribution in [3.05, 3.63) is 30.0 Å². The maximum Gasteiger partial charge on any atom is 0.263 e. The molecule has 1 aromatic heterocycles. The van der Waals surface area contributed by atoms with Crippen LogP contribution in [-0.2, 0) is 0 Å². The molecule has 12 heavy (non-hydrogen) atoms. The lowest BCUT2D eigenvalue weighted by Gasteiger charge is -1.97. The Labute approximate surface area is 67.2 Å². The molecule has 0 bridgehead atoms. The van der Waals surface area contributed by atoms with E-state index in [9.17, 15) is 8.78 Å². The van der Waals surface area contributed by atoms with Crippen molar-refractivity contribution in [1.29, 1.82) is 0 Å². The summed E-state index contributed by atoms with van der Waals surface area (Å²) in [6.07, 6.45) is -0.817. The summed E-state index contributed by atoms with van der Waals surface area (Å²) >= 11 is 0. The minimum Gasteiger partial charge on any atom is -0.278 e. The highest BCUT2D eigenvalue weighted by Gasteiger charge is 2.07. The van der Waals surface area contributed by atoms with Crippen molar-refractivity contribution in [3.8, 4) is 0 Å². The second-order valence-corrected chi connectivity index (χ2v) is 2.52. The van der Waals surface area contributed by atoms with E-state index in [2.05, 4.69) is 10.2 Å². The van der Waals surface area contributed by atoms with Crippen LogP contribution in [0.1, 0.15) is 12.0 Å². The number of H-pyrrole nitrogens is 1. The fourth-order valence-corrected chi connectivity index (χ4v) is 1.09. The van der Waals surface area contributed by atoms with E-state index >= 15 is 0 Å². The molecule has 0 aliphatic heterocycles. The lowest BCUT2D eigenvalue weighted by Crippen LogP contribution is -1.82. The molecule has 2 rings (SSSR count). The zero-order chi connectivity index (χ0) is 8.55. The van der Waals surface area contributed by atoms with Gasteiger partial charge in [-0.3, -0.25) is 5.10 Å². The van der Waals surface area contributed by atoms with E-state index in [-0.39, 0.29) is 5.56 Å². The molecule has 0 spiro atoms. The fraction of sp³-hybridized carbons (Fsp3) is 0.125. The number of nitrogens with zero attached hydrogens (tertiary/aromatic N) is 1. The summed E-state index contributed by atoms with van der Waals surface area (Å²) in [5.74, 6) is 0. The van der Waals surface area contributed by atoms with Crippen LogP contribution >= 0.6 is 0 Å². The molecular formula is C8H6F2N2. The van der Waals surface area contributed by atoms with Gasteiger partial charge in [0.25, 0.3) is 6.43 Å². The summed E-state index contributed by atoms with van der Waals surface area (Å²) in [6.45, 7) is 0. The first kappa shape index (κ1) is 7.21. The molecule has 1 aromatic carbocycles. The quantitative estimate of drug-likeness (QED) is 0.696. The van der Waals surface area contributed by atoms with Gasteiger partial charge in [-0.25, -0.2) is 8.78 Å². The van der Waals surface area contributed by atoms with Crippen LogP contribution in [0.4, 0.5) is 8.78 Å². The van der Waals surface area contributed by atoms with Crippen LogP contribution in [0.5, 0.6) is 0 Å². The van der Waals surface area contributed by atoms with Crippen molar-refractivity contribution in [2.45, 2.75) is 6.43 Å². The van der Waals surface area contributed by atoms with Crippen LogP contribution in [0.3, 0.4) is 0 Å². The summed E-state index contributed by atoms with van der Waals surface area (Å²) < 4.78 is 24.3. The zero-order valence-corrected chi connectivity index (χ0v) is 6.09. The van der Waals surface area contributed by atoms with Crippen LogP contribution in [0, 0.1) is 0 Å². The predicted octanol–water partition coefficient (Wildman–Crippen LogP) is 2.50. The molecule has 0 aliphatic carbocycles. The van der Waals surface area contributed by atoms with E-state index in [0.717, 1.165) is 5.39 Å². The Morgan fingerprint density at radius 2 is 2.17 bits per heavy atom. The normalized spacial score (nSPS) is 11.2. The highest BCUT2D eigenvalue weighted by molar-refractivity contribution is 5.78. The summed E-state index contributed by atoms with van der Waals surface area (Å²) in [6, 6.07) is 4.44. The topological polar surface area (TPSA) is 28.7 Å². The maximum absolute atomic E-state index is 12.2. The molecule has 1 heterocycles. The molecule has 0 saturated heterocycles. The minimum absolute atomic E-state index is 0.0201. The Hall–Kier alpha value is -1.45. The molecule has 0 atom stereocenters. The third kappa shape index (κ3) is 1.05. The number of hydrogen-bond donors (Lipinski definition) is 1. The van der Waals surface area contributed by atoms with Gasteiger partial charge in [-0.2, -0.15) is 5.10 Å². The number of nitrogens with one attached hydrogen (secondary N) is 1. The fourth-order valence-electron chi connectivity index (χ4n) is 1.09. The van der Waals surface area contributed by atoms with Gasteiger partial charge >= 0.3 is 0 Å². The van der Waals surface area contributed by atoms with Gasteiger partial charge < -0.3 is 0 Å². The van der Waals surface area contributed by atoms with Crippen molar-refractivity contribution in [2.75, 3.05) is 0 Å². The third-order valence-corrected chi connectivity index (χ3v) is 1.72. The molecule has 0 saturated carbocycles. The first-order valence-corrected chi connectivity index (χ1v) is 3.48. The van der Waals surface area contributed by atoms with E-state index < -0.39 is 6.43 Å². The first-order chi connectivity index (χ1) is 5.77. The van der Waals surface area contributed by atoms with Gasteiger partial charge in [-0.15, -0.1) is 0 Å². The molecule has 62 valence electrons. The number of alkyl halides is 2. The summed E-state index contributed by atoms with van der Waals surface area (Å²) in [7, 11) is 0. The van der Waals surface area contributed by atoms with E-state index in [0.29, 0.717) is 5.52 Å². The van der Waals surface area contributed by atoms with E-state index in [4.69, 9.17) is 0 Å². The Balaban J connectivity index is 2.60. The highest BCUT2D eigenvalue weighted by Crippen LogP contribution is 2.21. The van der Waals surface area contributed by atoms with E-state index in [1.165, 1.54) is 12.1 Å². The molecule has 1 N–H and O–H groups in total.